The predicted octanol–water partition coefficient (Wildman–Crippen LogP) is 0.688. The van der Waals surface area contributed by atoms with Crippen LogP contribution in [0.15, 0.2) is 17.7 Å². The number of aliphatic hydroxyl groups excluding tert-OH is 2. The van der Waals surface area contributed by atoms with E-state index in [0.29, 0.717) is 0 Å². The van der Waals surface area contributed by atoms with E-state index in [4.69, 9.17) is 15.6 Å². The molecule has 150 valence electrons. The molecule has 1 atom stereocenters. The Morgan fingerprint density at radius 1 is 1.46 bits per heavy atom. The number of halogens is 1. The van der Waals surface area contributed by atoms with E-state index >= 15 is 4.39 Å². The summed E-state index contributed by atoms with van der Waals surface area (Å²) >= 11 is 0. The lowest BCUT2D eigenvalue weighted by atomic mass is 10.1. The lowest BCUT2D eigenvalue weighted by molar-refractivity contribution is -0.115. The van der Waals surface area contributed by atoms with Crippen molar-refractivity contribution in [3.63, 3.8) is 0 Å². The number of nitrogens with zero attached hydrogens (tertiary/aromatic N) is 3. The predicted molar refractivity (Wildman–Crippen MR) is 96.2 cm³/mol. The Morgan fingerprint density at radius 2 is 2.18 bits per heavy atom. The van der Waals surface area contributed by atoms with E-state index in [-0.39, 0.29) is 46.3 Å². The fourth-order valence-electron chi connectivity index (χ4n) is 3.01. The fourth-order valence-corrected chi connectivity index (χ4v) is 3.01. The Bertz CT molecular complexity index is 1000. The van der Waals surface area contributed by atoms with E-state index in [1.807, 2.05) is 0 Å². The minimum atomic E-state index is -2.33. The Kier molecular flexibility index (Phi) is 4.94. The van der Waals surface area contributed by atoms with Crippen molar-refractivity contribution in [1.29, 1.82) is 0 Å². The van der Waals surface area contributed by atoms with Gasteiger partial charge in [-0.05, 0) is 6.92 Å². The van der Waals surface area contributed by atoms with Crippen molar-refractivity contribution in [3.05, 3.63) is 29.1 Å². The summed E-state index contributed by atoms with van der Waals surface area (Å²) in [5, 5.41) is 21.9. The lowest BCUT2D eigenvalue weighted by Gasteiger charge is -2.19. The number of ether oxygens (including phenoxy) is 1. The van der Waals surface area contributed by atoms with Crippen molar-refractivity contribution >= 4 is 28.7 Å². The van der Waals surface area contributed by atoms with Crippen molar-refractivity contribution in [1.82, 2.24) is 14.5 Å². The quantitative estimate of drug-likeness (QED) is 0.563. The Labute approximate surface area is 158 Å². The first-order valence-corrected chi connectivity index (χ1v) is 8.52. The van der Waals surface area contributed by atoms with Crippen LogP contribution >= 0.6 is 0 Å². The summed E-state index contributed by atoms with van der Waals surface area (Å²) in [4.78, 5) is 32.2. The molecule has 28 heavy (non-hydrogen) atoms. The molecule has 0 radical (unpaired) electrons. The number of aryl methyl sites for hydroxylation is 1. The van der Waals surface area contributed by atoms with E-state index in [2.05, 4.69) is 15.3 Å². The molecule has 3 rings (SSSR count). The van der Waals surface area contributed by atoms with Gasteiger partial charge in [-0.1, -0.05) is 6.92 Å². The van der Waals surface area contributed by atoms with E-state index in [1.165, 1.54) is 10.8 Å². The SMILES string of the molecule is CCC(=O)Nc1nc(C)nc2c1c(C(N)=O)cn2CC1(F)COC(CO)=C1O. The number of carbonyl (C=O) groups excluding carboxylic acids is 2. The van der Waals surface area contributed by atoms with Gasteiger partial charge in [-0.15, -0.1) is 0 Å². The number of rotatable bonds is 6. The van der Waals surface area contributed by atoms with Gasteiger partial charge in [-0.3, -0.25) is 9.59 Å². The average molecular weight is 393 g/mol. The third-order valence-electron chi connectivity index (χ3n) is 4.40. The van der Waals surface area contributed by atoms with Crippen molar-refractivity contribution in [2.24, 2.45) is 5.73 Å². The van der Waals surface area contributed by atoms with Crippen LogP contribution in [-0.4, -0.2) is 55.4 Å². The molecule has 0 saturated heterocycles. The van der Waals surface area contributed by atoms with Crippen LogP contribution in [0.2, 0.25) is 0 Å². The molecule has 0 fully saturated rings. The smallest absolute Gasteiger partial charge is 0.251 e. The summed E-state index contributed by atoms with van der Waals surface area (Å²) in [5.41, 5.74) is 3.27. The van der Waals surface area contributed by atoms with Crippen molar-refractivity contribution in [3.8, 4) is 0 Å². The number of hydrogen-bond acceptors (Lipinski definition) is 7. The second-order valence-electron chi connectivity index (χ2n) is 6.44. The van der Waals surface area contributed by atoms with Gasteiger partial charge in [0.05, 0.1) is 17.5 Å². The monoisotopic (exact) mass is 393 g/mol. The number of nitrogens with two attached hydrogens (primary N) is 1. The van der Waals surface area contributed by atoms with E-state index in [0.717, 1.165) is 0 Å². The maximum Gasteiger partial charge on any atom is 0.251 e. The number of aromatic nitrogens is 3. The molecule has 11 heteroatoms. The molecule has 1 unspecified atom stereocenters. The highest BCUT2D eigenvalue weighted by molar-refractivity contribution is 6.11. The highest BCUT2D eigenvalue weighted by Crippen LogP contribution is 2.35. The summed E-state index contributed by atoms with van der Waals surface area (Å²) in [6, 6.07) is 0. The van der Waals surface area contributed by atoms with Gasteiger partial charge >= 0.3 is 0 Å². The summed E-state index contributed by atoms with van der Waals surface area (Å²) in [7, 11) is 0. The zero-order valence-electron chi connectivity index (χ0n) is 15.3. The van der Waals surface area contributed by atoms with Crippen molar-refractivity contribution in [2.75, 3.05) is 18.5 Å². The van der Waals surface area contributed by atoms with Crippen LogP contribution in [0.1, 0.15) is 29.5 Å². The van der Waals surface area contributed by atoms with E-state index < -0.39 is 37.1 Å². The van der Waals surface area contributed by atoms with E-state index in [1.54, 1.807) is 13.8 Å². The summed E-state index contributed by atoms with van der Waals surface area (Å²) in [6.45, 7) is 1.62. The number of carbonyl (C=O) groups is 2. The topological polar surface area (TPSA) is 153 Å². The van der Waals surface area contributed by atoms with Gasteiger partial charge in [0.15, 0.2) is 11.5 Å². The lowest BCUT2D eigenvalue weighted by Crippen LogP contribution is -2.32. The largest absolute Gasteiger partial charge is 0.506 e. The highest BCUT2D eigenvalue weighted by Gasteiger charge is 2.45. The number of hydrogen-bond donors (Lipinski definition) is 4. The van der Waals surface area contributed by atoms with Crippen LogP contribution in [0, 0.1) is 6.92 Å². The first kappa shape index (κ1) is 19.5. The molecule has 0 saturated carbocycles. The summed E-state index contributed by atoms with van der Waals surface area (Å²) in [5.74, 6) is -1.75. The van der Waals surface area contributed by atoms with Crippen LogP contribution in [0.25, 0.3) is 11.0 Å². The van der Waals surface area contributed by atoms with Gasteiger partial charge in [-0.25, -0.2) is 14.4 Å². The molecule has 0 aromatic carbocycles. The first-order chi connectivity index (χ1) is 13.2. The van der Waals surface area contributed by atoms with Crippen LogP contribution in [0.4, 0.5) is 10.2 Å². The molecule has 0 bridgehead atoms. The second kappa shape index (κ2) is 7.08. The number of anilines is 1. The van der Waals surface area contributed by atoms with E-state index in [9.17, 15) is 14.7 Å². The van der Waals surface area contributed by atoms with Crippen LogP contribution in [-0.2, 0) is 16.1 Å². The summed E-state index contributed by atoms with van der Waals surface area (Å²) < 4.78 is 21.5. The molecule has 0 spiro atoms. The Balaban J connectivity index is 2.16. The molecule has 1 aliphatic heterocycles. The molecule has 0 aliphatic carbocycles. The normalized spacial score (nSPS) is 19.1. The second-order valence-corrected chi connectivity index (χ2v) is 6.44. The molecule has 5 N–H and O–H groups in total. The van der Waals surface area contributed by atoms with Gasteiger partial charge in [0, 0.05) is 12.6 Å². The van der Waals surface area contributed by atoms with Gasteiger partial charge in [-0.2, -0.15) is 0 Å². The number of aliphatic hydroxyl groups is 2. The molecule has 1 aliphatic rings. The number of nitrogens with one attached hydrogen (secondary N) is 1. The zero-order chi connectivity index (χ0) is 20.6. The van der Waals surface area contributed by atoms with Crippen molar-refractivity contribution in [2.45, 2.75) is 32.5 Å². The maximum atomic E-state index is 15.2. The highest BCUT2D eigenvalue weighted by atomic mass is 19.1. The Morgan fingerprint density at radius 3 is 2.75 bits per heavy atom. The number of alkyl halides is 1. The zero-order valence-corrected chi connectivity index (χ0v) is 15.3. The molecule has 2 aromatic heterocycles. The maximum absolute atomic E-state index is 15.2. The molecule has 2 aromatic rings. The third kappa shape index (κ3) is 3.24. The summed E-state index contributed by atoms with van der Waals surface area (Å²) in [6.07, 6.45) is 1.47. The average Bonchev–Trinajstić information content (AvgIpc) is 3.13. The van der Waals surface area contributed by atoms with Crippen molar-refractivity contribution < 1.29 is 28.9 Å². The minimum Gasteiger partial charge on any atom is -0.506 e. The molecular weight excluding hydrogens is 373 g/mol. The molecular formula is C17H20FN5O5. The molecule has 3 heterocycles. The van der Waals surface area contributed by atoms with Crippen LogP contribution in [0.5, 0.6) is 0 Å². The third-order valence-corrected chi connectivity index (χ3v) is 4.40. The molecule has 2 amide bonds. The van der Waals surface area contributed by atoms with Crippen LogP contribution < -0.4 is 11.1 Å². The van der Waals surface area contributed by atoms with Gasteiger partial charge < -0.3 is 30.6 Å². The van der Waals surface area contributed by atoms with Gasteiger partial charge in [0.2, 0.25) is 11.6 Å². The number of amides is 2. The minimum absolute atomic E-state index is 0.00484. The number of fused-ring (bicyclic) bond motifs is 1. The van der Waals surface area contributed by atoms with Gasteiger partial charge in [0.25, 0.3) is 5.91 Å². The Hall–Kier alpha value is -3.21. The number of primary amides is 1. The standard InChI is InChI=1S/C17H20FN5O5/c1-3-11(25)22-15-12-9(14(19)27)4-23(16(12)21-8(2)20-15)6-17(18)7-28-10(5-24)13(17)26/h4,24,26H,3,5-7H2,1-2H3,(H2,19,27)(H,20,21,22,25). The first-order valence-electron chi connectivity index (χ1n) is 8.52. The fraction of sp³-hybridized carbons (Fsp3) is 0.412. The van der Waals surface area contributed by atoms with Crippen LogP contribution in [0.3, 0.4) is 0 Å². The molecule has 10 nitrogen and oxygen atoms in total. The van der Waals surface area contributed by atoms with Gasteiger partial charge in [0.1, 0.15) is 30.5 Å².